The Labute approximate surface area is 263 Å². The number of benzene rings is 2. The summed E-state index contributed by atoms with van der Waals surface area (Å²) in [7, 11) is 1.39. The molecule has 2 heterocycles. The molecular weight excluding hydrogens is 581 g/mol. The van der Waals surface area contributed by atoms with E-state index in [9.17, 15) is 19.1 Å². The van der Waals surface area contributed by atoms with Gasteiger partial charge in [-0.05, 0) is 57.5 Å². The number of halogens is 1. The minimum absolute atomic E-state index is 0.0183. The summed E-state index contributed by atoms with van der Waals surface area (Å²) in [6, 6.07) is 10.8. The summed E-state index contributed by atoms with van der Waals surface area (Å²) in [4.78, 5) is 39.2. The number of piperazine rings is 1. The average molecular weight is 624 g/mol. The van der Waals surface area contributed by atoms with E-state index in [0.717, 1.165) is 37.5 Å². The zero-order chi connectivity index (χ0) is 32.5. The Morgan fingerprint density at radius 3 is 2.47 bits per heavy atom. The second-order valence-corrected chi connectivity index (χ2v) is 11.1. The van der Waals surface area contributed by atoms with Crippen LogP contribution in [0.4, 0.5) is 32.3 Å². The molecule has 1 aliphatic rings. The van der Waals surface area contributed by atoms with E-state index in [2.05, 4.69) is 44.2 Å². The van der Waals surface area contributed by atoms with Crippen molar-refractivity contribution in [3.63, 3.8) is 0 Å². The summed E-state index contributed by atoms with van der Waals surface area (Å²) in [5.41, 5.74) is 0.840. The number of carbonyl (C=O) groups is 2. The van der Waals surface area contributed by atoms with E-state index in [1.54, 1.807) is 6.07 Å². The quantitative estimate of drug-likeness (QED) is 0.236. The van der Waals surface area contributed by atoms with Crippen molar-refractivity contribution in [2.75, 3.05) is 56.7 Å². The summed E-state index contributed by atoms with van der Waals surface area (Å²) in [5, 5.41) is 15.9. The van der Waals surface area contributed by atoms with Gasteiger partial charge in [-0.1, -0.05) is 6.92 Å². The maximum Gasteiger partial charge on any atom is 0.417 e. The van der Waals surface area contributed by atoms with Crippen molar-refractivity contribution in [1.29, 1.82) is 0 Å². The predicted octanol–water partition coefficient (Wildman–Crippen LogP) is 5.12. The summed E-state index contributed by atoms with van der Waals surface area (Å²) in [5.74, 6) is -0.469. The van der Waals surface area contributed by atoms with E-state index in [4.69, 9.17) is 9.47 Å². The van der Waals surface area contributed by atoms with E-state index in [1.165, 1.54) is 49.7 Å². The zero-order valence-corrected chi connectivity index (χ0v) is 26.4. The summed E-state index contributed by atoms with van der Waals surface area (Å²) >= 11 is 0. The van der Waals surface area contributed by atoms with Crippen LogP contribution >= 0.6 is 0 Å². The van der Waals surface area contributed by atoms with E-state index in [0.29, 0.717) is 30.4 Å². The van der Waals surface area contributed by atoms with Crippen LogP contribution < -0.4 is 25.0 Å². The molecule has 0 saturated carbocycles. The summed E-state index contributed by atoms with van der Waals surface area (Å²) in [6.07, 6.45) is 0.818. The molecular formula is C32H42FN7O5. The lowest BCUT2D eigenvalue weighted by atomic mass is 10.1. The Morgan fingerprint density at radius 1 is 1.07 bits per heavy atom. The largest absolute Gasteiger partial charge is 0.495 e. The van der Waals surface area contributed by atoms with Gasteiger partial charge in [0.15, 0.2) is 11.6 Å². The third kappa shape index (κ3) is 8.79. The third-order valence-electron chi connectivity index (χ3n) is 7.72. The molecule has 1 saturated heterocycles. The van der Waals surface area contributed by atoms with Crippen LogP contribution in [0.1, 0.15) is 44.5 Å². The molecule has 1 aromatic heterocycles. The Kier molecular flexibility index (Phi) is 11.5. The number of hydrogen-bond donors (Lipinski definition) is 3. The lowest BCUT2D eigenvalue weighted by molar-refractivity contribution is 0.0938. The molecule has 242 valence electrons. The number of amides is 2. The van der Waals surface area contributed by atoms with Crippen molar-refractivity contribution >= 4 is 35.1 Å². The smallest absolute Gasteiger partial charge is 0.417 e. The van der Waals surface area contributed by atoms with Gasteiger partial charge in [-0.15, -0.1) is 0 Å². The second-order valence-electron chi connectivity index (χ2n) is 11.1. The fourth-order valence-corrected chi connectivity index (χ4v) is 4.88. The van der Waals surface area contributed by atoms with Gasteiger partial charge in [0.1, 0.15) is 18.2 Å². The first-order valence-electron chi connectivity index (χ1n) is 15.1. The number of methoxy groups -OCH3 is 1. The van der Waals surface area contributed by atoms with Crippen molar-refractivity contribution in [2.24, 2.45) is 0 Å². The van der Waals surface area contributed by atoms with Crippen molar-refractivity contribution in [3.8, 4) is 11.5 Å². The van der Waals surface area contributed by atoms with Crippen LogP contribution in [0.5, 0.6) is 11.5 Å². The van der Waals surface area contributed by atoms with Crippen LogP contribution in [-0.4, -0.2) is 95.4 Å². The van der Waals surface area contributed by atoms with Crippen LogP contribution in [0.15, 0.2) is 48.7 Å². The van der Waals surface area contributed by atoms with Gasteiger partial charge in [-0.3, -0.25) is 14.6 Å². The lowest BCUT2D eigenvalue weighted by Gasteiger charge is -2.36. The van der Waals surface area contributed by atoms with Crippen LogP contribution in [0.25, 0.3) is 0 Å². The first-order chi connectivity index (χ1) is 21.6. The molecule has 1 atom stereocenters. The first kappa shape index (κ1) is 33.4. The Hall–Kier alpha value is -4.49. The summed E-state index contributed by atoms with van der Waals surface area (Å²) in [6.45, 7) is 13.3. The second kappa shape index (κ2) is 15.5. The highest BCUT2D eigenvalue weighted by molar-refractivity contribution is 5.99. The Morgan fingerprint density at radius 2 is 1.82 bits per heavy atom. The molecule has 0 radical (unpaired) electrons. The van der Waals surface area contributed by atoms with Gasteiger partial charge >= 0.3 is 6.09 Å². The molecule has 12 nitrogen and oxygen atoms in total. The number of hydrogen-bond acceptors (Lipinski definition) is 9. The molecule has 4 rings (SSSR count). The monoisotopic (exact) mass is 623 g/mol. The van der Waals surface area contributed by atoms with Crippen LogP contribution in [0, 0.1) is 5.82 Å². The van der Waals surface area contributed by atoms with E-state index in [1.807, 2.05) is 13.8 Å². The van der Waals surface area contributed by atoms with Crippen molar-refractivity contribution in [3.05, 3.63) is 60.0 Å². The third-order valence-corrected chi connectivity index (χ3v) is 7.72. The van der Waals surface area contributed by atoms with Gasteiger partial charge in [0.25, 0.3) is 5.91 Å². The van der Waals surface area contributed by atoms with E-state index in [-0.39, 0.29) is 40.9 Å². The number of rotatable bonds is 13. The number of aromatic nitrogens is 2. The van der Waals surface area contributed by atoms with Crippen LogP contribution in [0.2, 0.25) is 0 Å². The van der Waals surface area contributed by atoms with E-state index < -0.39 is 11.9 Å². The molecule has 0 aliphatic carbocycles. The number of ether oxygens (including phenoxy) is 2. The fourth-order valence-electron chi connectivity index (χ4n) is 4.88. The number of carbonyl (C=O) groups excluding carboxylic acids is 1. The highest BCUT2D eigenvalue weighted by atomic mass is 19.1. The standard InChI is InChI=1S/C32H42FN7O5/c1-6-22(4)35-30(41)23-7-9-26(28(19-23)44-5)40(32(42)43)29-11-12-34-31(37-29)36-24-8-10-27(25(33)20-24)45-18-17-38-13-15-39(16-14-38)21(2)3/h7-12,19-22H,6,13-18H2,1-5H3,(H,35,41)(H,42,43)(H,34,36,37). The molecule has 1 unspecified atom stereocenters. The summed E-state index contributed by atoms with van der Waals surface area (Å²) < 4.78 is 26.1. The maximum atomic E-state index is 14.9. The topological polar surface area (TPSA) is 132 Å². The van der Waals surface area contributed by atoms with Crippen molar-refractivity contribution in [1.82, 2.24) is 25.1 Å². The minimum Gasteiger partial charge on any atom is -0.495 e. The number of nitrogens with one attached hydrogen (secondary N) is 2. The average Bonchev–Trinajstić information content (AvgIpc) is 3.02. The molecule has 2 amide bonds. The molecule has 3 N–H and O–H groups in total. The van der Waals surface area contributed by atoms with Crippen molar-refractivity contribution in [2.45, 2.75) is 46.2 Å². The molecule has 1 aliphatic heterocycles. The lowest BCUT2D eigenvalue weighted by Crippen LogP contribution is -2.49. The first-order valence-corrected chi connectivity index (χ1v) is 15.1. The van der Waals surface area contributed by atoms with Crippen LogP contribution in [0.3, 0.4) is 0 Å². The highest BCUT2D eigenvalue weighted by Crippen LogP contribution is 2.34. The number of anilines is 4. The molecule has 13 heteroatoms. The van der Waals surface area contributed by atoms with Gasteiger partial charge in [-0.2, -0.15) is 4.98 Å². The van der Waals surface area contributed by atoms with Gasteiger partial charge in [-0.25, -0.2) is 19.1 Å². The Balaban J connectivity index is 1.42. The molecule has 3 aromatic rings. The van der Waals surface area contributed by atoms with E-state index >= 15 is 0 Å². The number of nitrogens with zero attached hydrogens (tertiary/aromatic N) is 5. The van der Waals surface area contributed by atoms with Gasteiger partial charge in [0.2, 0.25) is 5.95 Å². The van der Waals surface area contributed by atoms with Gasteiger partial charge in [0.05, 0.1) is 12.8 Å². The fraction of sp³-hybridized carbons (Fsp3) is 0.438. The SMILES string of the molecule is CCC(C)NC(=O)c1ccc(N(C(=O)O)c2ccnc(Nc3ccc(OCCN4CCN(C(C)C)CC4)c(F)c3)n2)c(OC)c1. The molecule has 45 heavy (non-hydrogen) atoms. The van der Waals surface area contributed by atoms with Gasteiger partial charge < -0.3 is 25.2 Å². The Bertz CT molecular complexity index is 1470. The van der Waals surface area contributed by atoms with Gasteiger partial charge in [0, 0.05) is 74.4 Å². The zero-order valence-electron chi connectivity index (χ0n) is 26.4. The predicted molar refractivity (Wildman–Crippen MR) is 171 cm³/mol. The highest BCUT2D eigenvalue weighted by Gasteiger charge is 2.24. The van der Waals surface area contributed by atoms with Crippen molar-refractivity contribution < 1.29 is 28.6 Å². The maximum absolute atomic E-state index is 14.9. The molecule has 0 bridgehead atoms. The molecule has 2 aromatic carbocycles. The minimum atomic E-state index is -1.33. The normalized spacial score (nSPS) is 14.6. The molecule has 1 fully saturated rings. The van der Waals surface area contributed by atoms with Crippen LogP contribution in [-0.2, 0) is 0 Å². The number of carboxylic acid groups (broad SMARTS) is 1. The molecule has 0 spiro atoms.